The van der Waals surface area contributed by atoms with Gasteiger partial charge in [-0.3, -0.25) is 0 Å². The highest BCUT2D eigenvalue weighted by Gasteiger charge is 2.25. The molecule has 1 aromatic rings. The maximum absolute atomic E-state index is 11.5. The highest BCUT2D eigenvalue weighted by Crippen LogP contribution is 2.33. The molecule has 1 aliphatic heterocycles. The van der Waals surface area contributed by atoms with Crippen LogP contribution in [-0.4, -0.2) is 32.6 Å². The van der Waals surface area contributed by atoms with Gasteiger partial charge in [0, 0.05) is 23.2 Å². The minimum Gasteiger partial charge on any atom is -0.493 e. The van der Waals surface area contributed by atoms with Gasteiger partial charge in [0.2, 0.25) is 0 Å². The summed E-state index contributed by atoms with van der Waals surface area (Å²) in [5.74, 6) is 0.874. The summed E-state index contributed by atoms with van der Waals surface area (Å²) in [7, 11) is -3.12. The fourth-order valence-corrected chi connectivity index (χ4v) is 3.52. The number of benzene rings is 1. The standard InChI is InChI=1S/C13H18BrNO3S/c1-8(19(2,16)17)12(15)7-10-6-11(14)5-9-3-4-18-13(9)10/h5-6,8,12H,3-4,7,15H2,1-2H3. The first-order valence-electron chi connectivity index (χ1n) is 6.17. The Morgan fingerprint density at radius 3 is 2.79 bits per heavy atom. The first-order chi connectivity index (χ1) is 8.79. The molecule has 0 amide bonds. The molecule has 0 aliphatic carbocycles. The van der Waals surface area contributed by atoms with Crippen molar-refractivity contribution in [2.75, 3.05) is 12.9 Å². The summed E-state index contributed by atoms with van der Waals surface area (Å²) >= 11 is 3.47. The van der Waals surface area contributed by atoms with Crippen molar-refractivity contribution in [1.82, 2.24) is 0 Å². The second-order valence-corrected chi connectivity index (χ2v) is 8.37. The van der Waals surface area contributed by atoms with Gasteiger partial charge in [-0.15, -0.1) is 0 Å². The molecule has 0 saturated heterocycles. The lowest BCUT2D eigenvalue weighted by Crippen LogP contribution is -2.39. The summed E-state index contributed by atoms with van der Waals surface area (Å²) in [4.78, 5) is 0. The van der Waals surface area contributed by atoms with Crippen molar-refractivity contribution in [3.63, 3.8) is 0 Å². The van der Waals surface area contributed by atoms with Crippen LogP contribution in [0.5, 0.6) is 5.75 Å². The molecule has 0 radical (unpaired) electrons. The zero-order valence-electron chi connectivity index (χ0n) is 11.0. The molecule has 0 bridgehead atoms. The Kier molecular flexibility index (Phi) is 4.23. The Morgan fingerprint density at radius 1 is 1.47 bits per heavy atom. The average Bonchev–Trinajstić information content (AvgIpc) is 2.74. The SMILES string of the molecule is CC(C(N)Cc1cc(Br)cc2c1OCC2)S(C)(=O)=O. The number of rotatable bonds is 4. The highest BCUT2D eigenvalue weighted by atomic mass is 79.9. The van der Waals surface area contributed by atoms with Gasteiger partial charge in [0.15, 0.2) is 9.84 Å². The quantitative estimate of drug-likeness (QED) is 0.899. The minimum absolute atomic E-state index is 0.433. The lowest BCUT2D eigenvalue weighted by Gasteiger charge is -2.19. The molecule has 0 fully saturated rings. The van der Waals surface area contributed by atoms with Gasteiger partial charge in [0.25, 0.3) is 0 Å². The van der Waals surface area contributed by atoms with Gasteiger partial charge in [-0.2, -0.15) is 0 Å². The van der Waals surface area contributed by atoms with Crippen LogP contribution >= 0.6 is 15.9 Å². The second-order valence-electron chi connectivity index (χ2n) is 5.05. The van der Waals surface area contributed by atoms with E-state index in [0.717, 1.165) is 27.8 Å². The van der Waals surface area contributed by atoms with E-state index in [1.54, 1.807) is 6.92 Å². The van der Waals surface area contributed by atoms with Crippen LogP contribution in [0.3, 0.4) is 0 Å². The molecule has 1 aliphatic rings. The summed E-state index contributed by atoms with van der Waals surface area (Å²) in [6.07, 6.45) is 2.61. The Balaban J connectivity index is 2.25. The van der Waals surface area contributed by atoms with Crippen molar-refractivity contribution in [2.24, 2.45) is 5.73 Å². The van der Waals surface area contributed by atoms with E-state index in [4.69, 9.17) is 10.5 Å². The summed E-state index contributed by atoms with van der Waals surface area (Å²) < 4.78 is 29.7. The molecule has 2 rings (SSSR count). The third-order valence-electron chi connectivity index (χ3n) is 3.56. The van der Waals surface area contributed by atoms with Crippen molar-refractivity contribution in [3.05, 3.63) is 27.7 Å². The number of sulfone groups is 1. The van der Waals surface area contributed by atoms with Gasteiger partial charge in [-0.1, -0.05) is 15.9 Å². The topological polar surface area (TPSA) is 69.4 Å². The summed E-state index contributed by atoms with van der Waals surface area (Å²) in [5.41, 5.74) is 8.16. The van der Waals surface area contributed by atoms with Crippen molar-refractivity contribution in [2.45, 2.75) is 31.1 Å². The van der Waals surface area contributed by atoms with E-state index < -0.39 is 21.1 Å². The zero-order valence-corrected chi connectivity index (χ0v) is 13.4. The third-order valence-corrected chi connectivity index (χ3v) is 5.72. The fourth-order valence-electron chi connectivity index (χ4n) is 2.24. The summed E-state index contributed by atoms with van der Waals surface area (Å²) in [6.45, 7) is 2.33. The van der Waals surface area contributed by atoms with Crippen molar-refractivity contribution < 1.29 is 13.2 Å². The Hall–Kier alpha value is -0.590. The van der Waals surface area contributed by atoms with E-state index in [-0.39, 0.29) is 0 Å². The number of hydrogen-bond acceptors (Lipinski definition) is 4. The van der Waals surface area contributed by atoms with Crippen LogP contribution < -0.4 is 10.5 Å². The molecule has 106 valence electrons. The predicted octanol–water partition coefficient (Wildman–Crippen LogP) is 1.69. The Bertz CT molecular complexity index is 586. The monoisotopic (exact) mass is 347 g/mol. The number of hydrogen-bond donors (Lipinski definition) is 1. The molecule has 0 saturated carbocycles. The van der Waals surface area contributed by atoms with Gasteiger partial charge in [-0.05, 0) is 36.6 Å². The van der Waals surface area contributed by atoms with Gasteiger partial charge in [-0.25, -0.2) is 8.42 Å². The molecule has 1 aromatic carbocycles. The smallest absolute Gasteiger partial charge is 0.151 e. The molecular weight excluding hydrogens is 330 g/mol. The summed E-state index contributed by atoms with van der Waals surface area (Å²) in [6, 6.07) is 3.56. The molecule has 2 atom stereocenters. The van der Waals surface area contributed by atoms with E-state index in [0.29, 0.717) is 13.0 Å². The Morgan fingerprint density at radius 2 is 2.16 bits per heavy atom. The van der Waals surface area contributed by atoms with Gasteiger partial charge in [0.05, 0.1) is 11.9 Å². The molecule has 6 heteroatoms. The van der Waals surface area contributed by atoms with Crippen molar-refractivity contribution >= 4 is 25.8 Å². The third kappa shape index (κ3) is 3.30. The zero-order chi connectivity index (χ0) is 14.2. The maximum Gasteiger partial charge on any atom is 0.151 e. The number of ether oxygens (including phenoxy) is 1. The molecule has 1 heterocycles. The molecule has 2 unspecified atom stereocenters. The Labute approximate surface area is 122 Å². The van der Waals surface area contributed by atoms with Crippen LogP contribution in [0.4, 0.5) is 0 Å². The molecule has 0 aromatic heterocycles. The van der Waals surface area contributed by atoms with Crippen LogP contribution in [0.1, 0.15) is 18.1 Å². The van der Waals surface area contributed by atoms with Crippen LogP contribution in [0, 0.1) is 0 Å². The highest BCUT2D eigenvalue weighted by molar-refractivity contribution is 9.10. The largest absolute Gasteiger partial charge is 0.493 e. The second kappa shape index (κ2) is 5.42. The van der Waals surface area contributed by atoms with E-state index in [2.05, 4.69) is 15.9 Å². The van der Waals surface area contributed by atoms with Crippen molar-refractivity contribution in [3.8, 4) is 5.75 Å². The predicted molar refractivity (Wildman–Crippen MR) is 79.3 cm³/mol. The van der Waals surface area contributed by atoms with E-state index >= 15 is 0 Å². The first kappa shape index (κ1) is 14.8. The van der Waals surface area contributed by atoms with Crippen LogP contribution in [0.15, 0.2) is 16.6 Å². The van der Waals surface area contributed by atoms with Crippen molar-refractivity contribution in [1.29, 1.82) is 0 Å². The van der Waals surface area contributed by atoms with E-state index in [1.807, 2.05) is 12.1 Å². The lowest BCUT2D eigenvalue weighted by atomic mass is 10.0. The fraction of sp³-hybridized carbons (Fsp3) is 0.538. The normalized spacial score (nSPS) is 17.7. The molecular formula is C13H18BrNO3S. The number of fused-ring (bicyclic) bond motifs is 1. The maximum atomic E-state index is 11.5. The average molecular weight is 348 g/mol. The van der Waals surface area contributed by atoms with Crippen LogP contribution in [-0.2, 0) is 22.7 Å². The molecule has 0 spiro atoms. The molecule has 19 heavy (non-hydrogen) atoms. The molecule has 2 N–H and O–H groups in total. The van der Waals surface area contributed by atoms with Gasteiger partial charge < -0.3 is 10.5 Å². The first-order valence-corrected chi connectivity index (χ1v) is 8.92. The number of nitrogens with two attached hydrogens (primary N) is 1. The van der Waals surface area contributed by atoms with Gasteiger partial charge in [0.1, 0.15) is 5.75 Å². The minimum atomic E-state index is -3.12. The van der Waals surface area contributed by atoms with E-state index in [9.17, 15) is 8.42 Å². The number of halogens is 1. The lowest BCUT2D eigenvalue weighted by molar-refractivity contribution is 0.352. The van der Waals surface area contributed by atoms with Crippen LogP contribution in [0.25, 0.3) is 0 Å². The molecule has 4 nitrogen and oxygen atoms in total. The summed E-state index contributed by atoms with van der Waals surface area (Å²) in [5, 5.41) is -0.566. The van der Waals surface area contributed by atoms with Gasteiger partial charge >= 0.3 is 0 Å². The van der Waals surface area contributed by atoms with Crippen LogP contribution in [0.2, 0.25) is 0 Å². The van der Waals surface area contributed by atoms with E-state index in [1.165, 1.54) is 6.26 Å².